The summed E-state index contributed by atoms with van der Waals surface area (Å²) in [4.78, 5) is 38.5. The number of anilines is 1. The van der Waals surface area contributed by atoms with Gasteiger partial charge in [0, 0.05) is 32.1 Å². The van der Waals surface area contributed by atoms with Crippen molar-refractivity contribution in [2.24, 2.45) is 11.8 Å². The van der Waals surface area contributed by atoms with Gasteiger partial charge in [-0.1, -0.05) is 0 Å². The maximum atomic E-state index is 13.1. The van der Waals surface area contributed by atoms with Crippen LogP contribution in [0, 0.1) is 11.8 Å². The van der Waals surface area contributed by atoms with Gasteiger partial charge in [0.2, 0.25) is 15.9 Å². The van der Waals surface area contributed by atoms with Crippen LogP contribution in [0.2, 0.25) is 0 Å². The fourth-order valence-corrected chi connectivity index (χ4v) is 6.10. The molecular formula is C22H29N3O7S. The Labute approximate surface area is 193 Å². The number of piperidine rings is 2. The second-order valence-electron chi connectivity index (χ2n) is 8.55. The Hall–Kier alpha value is -2.66. The van der Waals surface area contributed by atoms with Crippen molar-refractivity contribution in [3.05, 3.63) is 18.2 Å². The molecule has 0 aliphatic carbocycles. The molecule has 2 saturated heterocycles. The number of sulfonamides is 1. The predicted octanol–water partition coefficient (Wildman–Crippen LogP) is 1.22. The largest absolute Gasteiger partial charge is 0.482 e. The number of fused-ring (bicyclic) bond motifs is 1. The number of rotatable bonds is 5. The number of esters is 1. The van der Waals surface area contributed by atoms with E-state index in [2.05, 4.69) is 5.32 Å². The van der Waals surface area contributed by atoms with Crippen molar-refractivity contribution in [2.75, 3.05) is 44.7 Å². The average molecular weight is 480 g/mol. The van der Waals surface area contributed by atoms with Gasteiger partial charge in [-0.15, -0.1) is 0 Å². The first-order valence-electron chi connectivity index (χ1n) is 11.3. The second kappa shape index (κ2) is 9.68. The summed E-state index contributed by atoms with van der Waals surface area (Å²) in [6.45, 7) is 3.41. The van der Waals surface area contributed by atoms with Crippen molar-refractivity contribution in [2.45, 2.75) is 37.5 Å². The highest BCUT2D eigenvalue weighted by Gasteiger charge is 2.36. The third kappa shape index (κ3) is 4.98. The van der Waals surface area contributed by atoms with E-state index in [1.807, 2.05) is 0 Å². The molecule has 1 aromatic rings. The van der Waals surface area contributed by atoms with Crippen molar-refractivity contribution in [3.8, 4) is 5.75 Å². The maximum Gasteiger partial charge on any atom is 0.310 e. The number of amides is 2. The molecule has 0 spiro atoms. The Kier molecular flexibility index (Phi) is 6.89. The monoisotopic (exact) mass is 479 g/mol. The number of benzene rings is 1. The SMILES string of the molecule is CCOC(=O)[C@@H]1CCCN(C(=O)C2CCN(S(=O)(=O)c3ccc4c(c3)NC(=O)CO4)CC2)C1. The Morgan fingerprint density at radius 1 is 1.15 bits per heavy atom. The molecule has 0 radical (unpaired) electrons. The number of nitrogens with one attached hydrogen (secondary N) is 1. The zero-order valence-corrected chi connectivity index (χ0v) is 19.4. The predicted molar refractivity (Wildman–Crippen MR) is 118 cm³/mol. The minimum Gasteiger partial charge on any atom is -0.482 e. The minimum absolute atomic E-state index is 0.0188. The first-order valence-corrected chi connectivity index (χ1v) is 12.8. The standard InChI is InChI=1S/C22H29N3O7S/c1-2-31-22(28)16-4-3-9-24(13-16)21(27)15-7-10-25(11-8-15)33(29,30)17-5-6-19-18(12-17)23-20(26)14-32-19/h5-6,12,15-16H,2-4,7-11,13-14H2,1H3,(H,23,26)/t16-/m1/s1. The van der Waals surface area contributed by atoms with E-state index < -0.39 is 10.0 Å². The fraction of sp³-hybridized carbons (Fsp3) is 0.591. The zero-order valence-electron chi connectivity index (χ0n) is 18.6. The van der Waals surface area contributed by atoms with Crippen molar-refractivity contribution >= 4 is 33.5 Å². The van der Waals surface area contributed by atoms with Crippen LogP contribution >= 0.6 is 0 Å². The zero-order chi connectivity index (χ0) is 23.6. The molecule has 0 saturated carbocycles. The summed E-state index contributed by atoms with van der Waals surface area (Å²) in [6, 6.07) is 4.41. The number of hydrogen-bond donors (Lipinski definition) is 1. The number of carbonyl (C=O) groups is 3. The topological polar surface area (TPSA) is 122 Å². The van der Waals surface area contributed by atoms with Gasteiger partial charge in [-0.05, 0) is 50.8 Å². The van der Waals surface area contributed by atoms with Gasteiger partial charge in [0.1, 0.15) is 5.75 Å². The van der Waals surface area contributed by atoms with E-state index in [4.69, 9.17) is 9.47 Å². The molecule has 0 unspecified atom stereocenters. The molecule has 33 heavy (non-hydrogen) atoms. The van der Waals surface area contributed by atoms with Gasteiger partial charge in [0.15, 0.2) is 6.61 Å². The molecule has 1 N–H and O–H groups in total. The molecule has 11 heteroatoms. The first kappa shape index (κ1) is 23.5. The summed E-state index contributed by atoms with van der Waals surface area (Å²) < 4.78 is 38.1. The molecule has 3 aliphatic rings. The fourth-order valence-electron chi connectivity index (χ4n) is 4.60. The Morgan fingerprint density at radius 2 is 1.91 bits per heavy atom. The van der Waals surface area contributed by atoms with E-state index in [1.165, 1.54) is 22.5 Å². The summed E-state index contributed by atoms with van der Waals surface area (Å²) in [5.41, 5.74) is 0.332. The van der Waals surface area contributed by atoms with E-state index in [0.717, 1.165) is 6.42 Å². The van der Waals surface area contributed by atoms with Gasteiger partial charge >= 0.3 is 5.97 Å². The Morgan fingerprint density at radius 3 is 2.64 bits per heavy atom. The van der Waals surface area contributed by atoms with Crippen LogP contribution in [0.1, 0.15) is 32.6 Å². The number of nitrogens with zero attached hydrogens (tertiary/aromatic N) is 2. The van der Waals surface area contributed by atoms with Gasteiger partial charge in [0.25, 0.3) is 5.91 Å². The second-order valence-corrected chi connectivity index (χ2v) is 10.5. The van der Waals surface area contributed by atoms with Gasteiger partial charge in [-0.25, -0.2) is 8.42 Å². The van der Waals surface area contributed by atoms with Crippen molar-refractivity contribution in [1.82, 2.24) is 9.21 Å². The molecular weight excluding hydrogens is 450 g/mol. The average Bonchev–Trinajstić information content (AvgIpc) is 2.83. The first-order chi connectivity index (χ1) is 15.8. The number of likely N-dealkylation sites (tertiary alicyclic amines) is 1. The van der Waals surface area contributed by atoms with E-state index in [1.54, 1.807) is 11.8 Å². The molecule has 3 aliphatic heterocycles. The number of hydrogen-bond acceptors (Lipinski definition) is 7. The van der Waals surface area contributed by atoms with E-state index in [-0.39, 0.29) is 54.2 Å². The van der Waals surface area contributed by atoms with Gasteiger partial charge in [-0.2, -0.15) is 4.31 Å². The van der Waals surface area contributed by atoms with Crippen molar-refractivity contribution < 1.29 is 32.3 Å². The molecule has 0 aromatic heterocycles. The minimum atomic E-state index is -3.77. The van der Waals surface area contributed by atoms with Crippen molar-refractivity contribution in [3.63, 3.8) is 0 Å². The van der Waals surface area contributed by atoms with Crippen LogP contribution in [0.4, 0.5) is 5.69 Å². The smallest absolute Gasteiger partial charge is 0.310 e. The molecule has 10 nitrogen and oxygen atoms in total. The summed E-state index contributed by atoms with van der Waals surface area (Å²) in [6.07, 6.45) is 2.31. The van der Waals surface area contributed by atoms with Crippen molar-refractivity contribution in [1.29, 1.82) is 0 Å². The van der Waals surface area contributed by atoms with Crippen LogP contribution in [-0.2, 0) is 29.1 Å². The summed E-state index contributed by atoms with van der Waals surface area (Å²) in [5.74, 6) is -0.748. The highest BCUT2D eigenvalue weighted by Crippen LogP contribution is 2.33. The summed E-state index contributed by atoms with van der Waals surface area (Å²) in [5, 5.41) is 2.62. The molecule has 4 rings (SSSR count). The summed E-state index contributed by atoms with van der Waals surface area (Å²) >= 11 is 0. The molecule has 1 aromatic carbocycles. The number of ether oxygens (including phenoxy) is 2. The maximum absolute atomic E-state index is 13.1. The van der Waals surface area contributed by atoms with Crippen LogP contribution < -0.4 is 10.1 Å². The molecule has 2 amide bonds. The lowest BCUT2D eigenvalue weighted by molar-refractivity contribution is -0.152. The molecule has 2 fully saturated rings. The van der Waals surface area contributed by atoms with Crippen LogP contribution in [0.5, 0.6) is 5.75 Å². The highest BCUT2D eigenvalue weighted by atomic mass is 32.2. The lowest BCUT2D eigenvalue weighted by atomic mass is 9.93. The van der Waals surface area contributed by atoms with Crippen LogP contribution in [-0.4, -0.2) is 74.8 Å². The summed E-state index contributed by atoms with van der Waals surface area (Å²) in [7, 11) is -3.77. The Bertz CT molecular complexity index is 1030. The molecule has 1 atom stereocenters. The van der Waals surface area contributed by atoms with E-state index in [9.17, 15) is 22.8 Å². The van der Waals surface area contributed by atoms with E-state index in [0.29, 0.717) is 50.4 Å². The third-order valence-electron chi connectivity index (χ3n) is 6.38. The lowest BCUT2D eigenvalue weighted by Crippen LogP contribution is -2.48. The van der Waals surface area contributed by atoms with Crippen LogP contribution in [0.15, 0.2) is 23.1 Å². The molecule has 180 valence electrons. The van der Waals surface area contributed by atoms with E-state index >= 15 is 0 Å². The third-order valence-corrected chi connectivity index (χ3v) is 8.27. The normalized spacial score (nSPS) is 22.2. The molecule has 3 heterocycles. The highest BCUT2D eigenvalue weighted by molar-refractivity contribution is 7.89. The number of carbonyl (C=O) groups excluding carboxylic acids is 3. The van der Waals surface area contributed by atoms with Gasteiger partial charge in [0.05, 0.1) is 23.1 Å². The van der Waals surface area contributed by atoms with Crippen LogP contribution in [0.25, 0.3) is 0 Å². The quantitative estimate of drug-likeness (QED) is 0.630. The van der Waals surface area contributed by atoms with Crippen LogP contribution in [0.3, 0.4) is 0 Å². The van der Waals surface area contributed by atoms with Gasteiger partial charge in [-0.3, -0.25) is 14.4 Å². The molecule has 0 bridgehead atoms. The van der Waals surface area contributed by atoms with Gasteiger partial charge < -0.3 is 19.7 Å². The lowest BCUT2D eigenvalue weighted by Gasteiger charge is -2.37. The Balaban J connectivity index is 1.37.